The van der Waals surface area contributed by atoms with E-state index in [9.17, 15) is 9.59 Å². The van der Waals surface area contributed by atoms with Gasteiger partial charge in [0.1, 0.15) is 0 Å². The van der Waals surface area contributed by atoms with Crippen LogP contribution >= 0.6 is 11.6 Å². The highest BCUT2D eigenvalue weighted by Gasteiger charge is 2.18. The molecule has 8 heteroatoms. The number of amides is 1. The summed E-state index contributed by atoms with van der Waals surface area (Å²) in [4.78, 5) is 29.9. The van der Waals surface area contributed by atoms with Crippen LogP contribution in [0.25, 0.3) is 27.5 Å². The zero-order chi connectivity index (χ0) is 20.7. The van der Waals surface area contributed by atoms with Gasteiger partial charge in [0.2, 0.25) is 0 Å². The highest BCUT2D eigenvalue weighted by Crippen LogP contribution is 2.23. The van der Waals surface area contributed by atoms with Crippen molar-refractivity contribution in [1.29, 1.82) is 0 Å². The van der Waals surface area contributed by atoms with E-state index in [1.807, 2.05) is 0 Å². The van der Waals surface area contributed by atoms with Crippen molar-refractivity contribution in [3.8, 4) is 5.69 Å². The molecule has 7 nitrogen and oxygen atoms in total. The molecular formula is C22H19ClN4O3. The number of aromatic nitrogens is 3. The first kappa shape index (κ1) is 18.8. The molecule has 0 radical (unpaired) electrons. The Balaban J connectivity index is 1.54. The van der Waals surface area contributed by atoms with Crippen molar-refractivity contribution >= 4 is 39.3 Å². The fourth-order valence-electron chi connectivity index (χ4n) is 3.79. The summed E-state index contributed by atoms with van der Waals surface area (Å²) in [7, 11) is 0. The fourth-order valence-corrected chi connectivity index (χ4v) is 3.91. The average molecular weight is 423 g/mol. The summed E-state index contributed by atoms with van der Waals surface area (Å²) < 4.78 is 7.01. The molecule has 2 aromatic carbocycles. The summed E-state index contributed by atoms with van der Waals surface area (Å²) in [6.07, 6.45) is 3.62. The number of fused-ring (bicyclic) bond motifs is 3. The largest absolute Gasteiger partial charge is 0.376 e. The van der Waals surface area contributed by atoms with Gasteiger partial charge in [-0.3, -0.25) is 19.7 Å². The third-order valence-corrected chi connectivity index (χ3v) is 5.64. The van der Waals surface area contributed by atoms with Crippen molar-refractivity contribution in [2.75, 3.05) is 13.2 Å². The van der Waals surface area contributed by atoms with Gasteiger partial charge in [-0.15, -0.1) is 0 Å². The summed E-state index contributed by atoms with van der Waals surface area (Å²) in [6.45, 7) is 1.24. The second kappa shape index (κ2) is 7.59. The molecule has 1 aliphatic rings. The van der Waals surface area contributed by atoms with E-state index in [2.05, 4.69) is 15.4 Å². The van der Waals surface area contributed by atoms with Crippen molar-refractivity contribution in [3.05, 3.63) is 69.6 Å². The lowest BCUT2D eigenvalue weighted by molar-refractivity contribution is 0.0858. The number of carbonyl (C=O) groups is 1. The first-order valence-corrected chi connectivity index (χ1v) is 10.2. The Labute approximate surface area is 176 Å². The molecular weight excluding hydrogens is 404 g/mol. The first-order valence-electron chi connectivity index (χ1n) is 9.79. The number of nitrogens with zero attached hydrogens (tertiary/aromatic N) is 2. The number of aromatic amines is 1. The Morgan fingerprint density at radius 3 is 2.83 bits per heavy atom. The molecule has 30 heavy (non-hydrogen) atoms. The zero-order valence-corrected chi connectivity index (χ0v) is 16.8. The van der Waals surface area contributed by atoms with Crippen LogP contribution < -0.4 is 10.9 Å². The van der Waals surface area contributed by atoms with Crippen LogP contribution in [0.5, 0.6) is 0 Å². The van der Waals surface area contributed by atoms with Gasteiger partial charge < -0.3 is 10.1 Å². The Hall–Kier alpha value is -3.16. The number of ether oxygens (including phenoxy) is 1. The van der Waals surface area contributed by atoms with E-state index in [0.29, 0.717) is 44.6 Å². The average Bonchev–Trinajstić information content (AvgIpc) is 3.40. The molecule has 0 unspecified atom stereocenters. The fraction of sp³-hybridized carbons (Fsp3) is 0.227. The number of rotatable bonds is 4. The third-order valence-electron chi connectivity index (χ3n) is 5.39. The van der Waals surface area contributed by atoms with Crippen LogP contribution in [0, 0.1) is 0 Å². The Morgan fingerprint density at radius 1 is 1.23 bits per heavy atom. The molecule has 0 bridgehead atoms. The number of benzene rings is 2. The van der Waals surface area contributed by atoms with Crippen LogP contribution in [-0.2, 0) is 4.74 Å². The minimum absolute atomic E-state index is 0.0764. The van der Waals surface area contributed by atoms with Crippen LogP contribution in [0.15, 0.2) is 53.5 Å². The molecule has 1 aliphatic heterocycles. The quantitative estimate of drug-likeness (QED) is 0.527. The maximum absolute atomic E-state index is 12.9. The highest BCUT2D eigenvalue weighted by molar-refractivity contribution is 6.30. The molecule has 1 fully saturated rings. The number of carbonyl (C=O) groups excluding carboxylic acids is 1. The van der Waals surface area contributed by atoms with Gasteiger partial charge >= 0.3 is 0 Å². The van der Waals surface area contributed by atoms with Gasteiger partial charge in [0.25, 0.3) is 11.5 Å². The molecule has 3 heterocycles. The van der Waals surface area contributed by atoms with Crippen molar-refractivity contribution in [2.45, 2.75) is 18.9 Å². The van der Waals surface area contributed by atoms with Crippen molar-refractivity contribution in [3.63, 3.8) is 0 Å². The number of halogens is 1. The maximum atomic E-state index is 12.9. The van der Waals surface area contributed by atoms with Gasteiger partial charge in [-0.2, -0.15) is 0 Å². The van der Waals surface area contributed by atoms with E-state index in [-0.39, 0.29) is 17.6 Å². The standard InChI is InChI=1S/C22H19ClN4O3/c23-14-4-6-15(7-5-14)27-22(29)18-12-24-19-8-3-13(10-17(19)20(18)26-27)21(28)25-11-16-2-1-9-30-16/h3-8,10,12,16,26H,1-2,9,11H2,(H,25,28)/t16-/m0/s1. The third kappa shape index (κ3) is 3.36. The summed E-state index contributed by atoms with van der Waals surface area (Å²) in [5, 5.41) is 7.84. The van der Waals surface area contributed by atoms with Crippen molar-refractivity contribution < 1.29 is 9.53 Å². The molecule has 152 valence electrons. The molecule has 0 saturated carbocycles. The molecule has 2 aromatic heterocycles. The van der Waals surface area contributed by atoms with E-state index >= 15 is 0 Å². The van der Waals surface area contributed by atoms with Crippen LogP contribution in [0.3, 0.4) is 0 Å². The predicted molar refractivity (Wildman–Crippen MR) is 116 cm³/mol. The second-order valence-electron chi connectivity index (χ2n) is 7.35. The van der Waals surface area contributed by atoms with Gasteiger partial charge in [0.15, 0.2) is 0 Å². The summed E-state index contributed by atoms with van der Waals surface area (Å²) >= 11 is 5.96. The van der Waals surface area contributed by atoms with Crippen LogP contribution in [0.2, 0.25) is 5.02 Å². The number of hydrogen-bond acceptors (Lipinski definition) is 4. The molecule has 5 rings (SSSR count). The van der Waals surface area contributed by atoms with Crippen LogP contribution in [-0.4, -0.2) is 39.9 Å². The summed E-state index contributed by atoms with van der Waals surface area (Å²) in [5.74, 6) is -0.177. The lowest BCUT2D eigenvalue weighted by Gasteiger charge is -2.11. The van der Waals surface area contributed by atoms with E-state index in [1.165, 1.54) is 4.68 Å². The highest BCUT2D eigenvalue weighted by atomic mass is 35.5. The monoisotopic (exact) mass is 422 g/mol. The van der Waals surface area contributed by atoms with Gasteiger partial charge in [0.05, 0.1) is 28.2 Å². The van der Waals surface area contributed by atoms with Gasteiger partial charge in [-0.05, 0) is 55.3 Å². The topological polar surface area (TPSA) is 89.0 Å². The molecule has 1 saturated heterocycles. The number of hydrogen-bond donors (Lipinski definition) is 2. The maximum Gasteiger partial charge on any atom is 0.280 e. The normalized spacial score (nSPS) is 16.4. The molecule has 1 amide bonds. The lowest BCUT2D eigenvalue weighted by Crippen LogP contribution is -2.31. The van der Waals surface area contributed by atoms with E-state index < -0.39 is 0 Å². The SMILES string of the molecule is O=C(NC[C@@H]1CCCO1)c1ccc2ncc3c(=O)n(-c4ccc(Cl)cc4)[nH]c3c2c1. The number of pyridine rings is 1. The molecule has 4 aromatic rings. The number of H-pyrrole nitrogens is 1. The molecule has 0 aliphatic carbocycles. The van der Waals surface area contributed by atoms with Gasteiger partial charge in [-0.25, -0.2) is 4.68 Å². The zero-order valence-electron chi connectivity index (χ0n) is 16.0. The van der Waals surface area contributed by atoms with Crippen LogP contribution in [0.1, 0.15) is 23.2 Å². The van der Waals surface area contributed by atoms with Crippen molar-refractivity contribution in [2.24, 2.45) is 0 Å². The minimum Gasteiger partial charge on any atom is -0.376 e. The lowest BCUT2D eigenvalue weighted by atomic mass is 10.1. The van der Waals surface area contributed by atoms with Crippen molar-refractivity contribution in [1.82, 2.24) is 20.1 Å². The predicted octanol–water partition coefficient (Wildman–Crippen LogP) is 3.43. The van der Waals surface area contributed by atoms with E-state index in [1.54, 1.807) is 48.7 Å². The molecule has 2 N–H and O–H groups in total. The Bertz CT molecular complexity index is 1300. The van der Waals surface area contributed by atoms with E-state index in [0.717, 1.165) is 19.4 Å². The van der Waals surface area contributed by atoms with Gasteiger partial charge in [-0.1, -0.05) is 11.6 Å². The Kier molecular flexibility index (Phi) is 4.77. The molecule has 0 spiro atoms. The summed E-state index contributed by atoms with van der Waals surface area (Å²) in [5.41, 5.74) is 2.29. The number of nitrogens with one attached hydrogen (secondary N) is 2. The Morgan fingerprint density at radius 2 is 2.07 bits per heavy atom. The van der Waals surface area contributed by atoms with Crippen LogP contribution in [0.4, 0.5) is 0 Å². The first-order chi connectivity index (χ1) is 14.6. The van der Waals surface area contributed by atoms with E-state index in [4.69, 9.17) is 16.3 Å². The molecule has 1 atom stereocenters. The summed E-state index contributed by atoms with van der Waals surface area (Å²) in [6, 6.07) is 12.3. The smallest absolute Gasteiger partial charge is 0.280 e. The second-order valence-corrected chi connectivity index (χ2v) is 7.79. The minimum atomic E-state index is -0.213. The van der Waals surface area contributed by atoms with Gasteiger partial charge in [0, 0.05) is 35.3 Å².